The third-order valence-electron chi connectivity index (χ3n) is 6.53. The molecule has 4 rings (SSSR count). The highest BCUT2D eigenvalue weighted by molar-refractivity contribution is 6.00. The summed E-state index contributed by atoms with van der Waals surface area (Å²) in [5.41, 5.74) is 2.02. The highest BCUT2D eigenvalue weighted by Gasteiger charge is 2.42. The molecular formula is C26H23F2N3O. The lowest BCUT2D eigenvalue weighted by Gasteiger charge is -2.41. The van der Waals surface area contributed by atoms with Gasteiger partial charge in [0.25, 0.3) is 5.91 Å². The maximum atomic E-state index is 13.7. The summed E-state index contributed by atoms with van der Waals surface area (Å²) in [4.78, 5) is 19.1. The molecule has 2 aromatic carbocycles. The number of carbonyl (C=O) groups is 1. The molecule has 162 valence electrons. The molecule has 0 bridgehead atoms. The second-order valence-electron chi connectivity index (χ2n) is 8.27. The Morgan fingerprint density at radius 1 is 1.06 bits per heavy atom. The molecule has 0 spiro atoms. The van der Waals surface area contributed by atoms with Gasteiger partial charge in [-0.3, -0.25) is 9.78 Å². The van der Waals surface area contributed by atoms with Crippen molar-refractivity contribution in [2.75, 3.05) is 13.1 Å². The minimum absolute atomic E-state index is 0.0894. The number of pyridine rings is 1. The number of amides is 1. The van der Waals surface area contributed by atoms with Crippen LogP contribution in [0, 0.1) is 28.4 Å². The van der Waals surface area contributed by atoms with Gasteiger partial charge in [0.05, 0.1) is 11.5 Å². The Labute approximate surface area is 186 Å². The monoisotopic (exact) mass is 431 g/mol. The lowest BCUT2D eigenvalue weighted by atomic mass is 9.68. The highest BCUT2D eigenvalue weighted by atomic mass is 19.1. The van der Waals surface area contributed by atoms with Crippen molar-refractivity contribution >= 4 is 5.91 Å². The van der Waals surface area contributed by atoms with Crippen molar-refractivity contribution in [3.05, 3.63) is 89.8 Å². The van der Waals surface area contributed by atoms with E-state index in [0.29, 0.717) is 37.1 Å². The van der Waals surface area contributed by atoms with Gasteiger partial charge in [-0.2, -0.15) is 5.26 Å². The fourth-order valence-electron chi connectivity index (χ4n) is 4.52. The fraction of sp³-hybridized carbons (Fsp3) is 0.269. The Hall–Kier alpha value is -3.59. The zero-order chi connectivity index (χ0) is 22.7. The molecule has 0 aliphatic carbocycles. The maximum absolute atomic E-state index is 13.7. The van der Waals surface area contributed by atoms with Gasteiger partial charge in [0.15, 0.2) is 0 Å². The van der Waals surface area contributed by atoms with Gasteiger partial charge in [-0.1, -0.05) is 25.1 Å². The number of piperidine rings is 1. The smallest absolute Gasteiger partial charge is 0.254 e. The van der Waals surface area contributed by atoms with E-state index in [2.05, 4.69) is 11.1 Å². The number of halogens is 2. The predicted octanol–water partition coefficient (Wildman–Crippen LogP) is 5.58. The molecule has 0 saturated carbocycles. The maximum Gasteiger partial charge on any atom is 0.254 e. The summed E-state index contributed by atoms with van der Waals surface area (Å²) in [5, 5.41) is 10.00. The molecule has 1 aromatic heterocycles. The molecule has 1 aliphatic rings. The largest absolute Gasteiger partial charge is 0.339 e. The number of rotatable bonds is 4. The van der Waals surface area contributed by atoms with Crippen molar-refractivity contribution in [2.45, 2.75) is 25.7 Å². The number of aromatic nitrogens is 1. The standard InChI is InChI=1S/C26H23F2N3O/c1-18(20-14-21(27)16-22(28)15-20)26(17-29)8-12-31(13-9-26)25(32)24-5-3-2-4-23(24)19-6-10-30-11-7-19/h2-7,10-11,14-16,18H,8-9,12-13H2,1H3/t18-/m1/s1. The summed E-state index contributed by atoms with van der Waals surface area (Å²) >= 11 is 0. The summed E-state index contributed by atoms with van der Waals surface area (Å²) in [6.07, 6.45) is 4.25. The summed E-state index contributed by atoms with van der Waals surface area (Å²) in [6.45, 7) is 2.63. The molecule has 3 aromatic rings. The third-order valence-corrected chi connectivity index (χ3v) is 6.53. The number of nitrogens with zero attached hydrogens (tertiary/aromatic N) is 3. The molecule has 0 N–H and O–H groups in total. The number of hydrogen-bond donors (Lipinski definition) is 0. The van der Waals surface area contributed by atoms with E-state index >= 15 is 0 Å². The summed E-state index contributed by atoms with van der Waals surface area (Å²) in [6, 6.07) is 17.0. The molecule has 1 saturated heterocycles. The van der Waals surface area contributed by atoms with Crippen LogP contribution in [-0.2, 0) is 0 Å². The van der Waals surface area contributed by atoms with E-state index < -0.39 is 17.0 Å². The van der Waals surface area contributed by atoms with Gasteiger partial charge in [0.1, 0.15) is 11.6 Å². The van der Waals surface area contributed by atoms with Crippen molar-refractivity contribution in [2.24, 2.45) is 5.41 Å². The lowest BCUT2D eigenvalue weighted by molar-refractivity contribution is 0.0624. The Morgan fingerprint density at radius 3 is 2.31 bits per heavy atom. The van der Waals surface area contributed by atoms with E-state index in [-0.39, 0.29) is 11.8 Å². The van der Waals surface area contributed by atoms with Crippen molar-refractivity contribution in [3.8, 4) is 17.2 Å². The zero-order valence-electron chi connectivity index (χ0n) is 17.8. The lowest BCUT2D eigenvalue weighted by Crippen LogP contribution is -2.44. The van der Waals surface area contributed by atoms with Crippen LogP contribution in [0.25, 0.3) is 11.1 Å². The van der Waals surface area contributed by atoms with Gasteiger partial charge < -0.3 is 4.90 Å². The highest BCUT2D eigenvalue weighted by Crippen LogP contribution is 2.44. The third kappa shape index (κ3) is 4.11. The molecule has 32 heavy (non-hydrogen) atoms. The van der Waals surface area contributed by atoms with Gasteiger partial charge in [-0.15, -0.1) is 0 Å². The summed E-state index contributed by atoms with van der Waals surface area (Å²) in [5.74, 6) is -1.76. The zero-order valence-corrected chi connectivity index (χ0v) is 17.8. The van der Waals surface area contributed by atoms with E-state index in [1.165, 1.54) is 12.1 Å². The second kappa shape index (κ2) is 8.88. The van der Waals surface area contributed by atoms with Crippen LogP contribution >= 0.6 is 0 Å². The SMILES string of the molecule is C[C@H](c1cc(F)cc(F)c1)C1(C#N)CCN(C(=O)c2ccccc2-c2ccncc2)CC1. The summed E-state index contributed by atoms with van der Waals surface area (Å²) < 4.78 is 27.5. The molecular weight excluding hydrogens is 408 g/mol. The van der Waals surface area contributed by atoms with Crippen molar-refractivity contribution in [1.29, 1.82) is 5.26 Å². The molecule has 0 unspecified atom stereocenters. The Kier molecular flexibility index (Phi) is 6.00. The second-order valence-corrected chi connectivity index (χ2v) is 8.27. The minimum atomic E-state index is -0.790. The normalized spacial score (nSPS) is 16.2. The molecule has 0 radical (unpaired) electrons. The summed E-state index contributed by atoms with van der Waals surface area (Å²) in [7, 11) is 0. The Balaban J connectivity index is 1.55. The van der Waals surface area contributed by atoms with Crippen LogP contribution in [0.1, 0.15) is 41.6 Å². The fourth-order valence-corrected chi connectivity index (χ4v) is 4.52. The van der Waals surface area contributed by atoms with Crippen LogP contribution in [0.3, 0.4) is 0 Å². The average Bonchev–Trinajstić information content (AvgIpc) is 2.83. The van der Waals surface area contributed by atoms with Crippen LogP contribution in [-0.4, -0.2) is 28.9 Å². The molecule has 1 fully saturated rings. The Morgan fingerprint density at radius 2 is 1.69 bits per heavy atom. The first kappa shape index (κ1) is 21.6. The number of likely N-dealkylation sites (tertiary alicyclic amines) is 1. The molecule has 2 heterocycles. The van der Waals surface area contributed by atoms with Gasteiger partial charge in [-0.25, -0.2) is 8.78 Å². The van der Waals surface area contributed by atoms with E-state index in [9.17, 15) is 18.8 Å². The van der Waals surface area contributed by atoms with Crippen molar-refractivity contribution < 1.29 is 13.6 Å². The van der Waals surface area contributed by atoms with Crippen LogP contribution in [0.5, 0.6) is 0 Å². The van der Waals surface area contributed by atoms with Crippen LogP contribution < -0.4 is 0 Å². The molecule has 1 atom stereocenters. The van der Waals surface area contributed by atoms with Crippen molar-refractivity contribution in [3.63, 3.8) is 0 Å². The first-order chi connectivity index (χ1) is 15.4. The first-order valence-electron chi connectivity index (χ1n) is 10.6. The number of carbonyl (C=O) groups excluding carboxylic acids is 1. The van der Waals surface area contributed by atoms with Gasteiger partial charge >= 0.3 is 0 Å². The van der Waals surface area contributed by atoms with E-state index in [0.717, 1.165) is 17.2 Å². The Bertz CT molecular complexity index is 1140. The van der Waals surface area contributed by atoms with Gasteiger partial charge in [-0.05, 0) is 59.9 Å². The quantitative estimate of drug-likeness (QED) is 0.542. The minimum Gasteiger partial charge on any atom is -0.339 e. The van der Waals surface area contributed by atoms with Crippen LogP contribution in [0.15, 0.2) is 67.0 Å². The van der Waals surface area contributed by atoms with E-state index in [4.69, 9.17) is 0 Å². The number of benzene rings is 2. The van der Waals surface area contributed by atoms with Crippen LogP contribution in [0.2, 0.25) is 0 Å². The first-order valence-corrected chi connectivity index (χ1v) is 10.6. The van der Waals surface area contributed by atoms with E-state index in [1.54, 1.807) is 17.3 Å². The van der Waals surface area contributed by atoms with Gasteiger partial charge in [0, 0.05) is 43.0 Å². The molecule has 4 nitrogen and oxygen atoms in total. The molecule has 1 amide bonds. The topological polar surface area (TPSA) is 57.0 Å². The van der Waals surface area contributed by atoms with Crippen molar-refractivity contribution in [1.82, 2.24) is 9.88 Å². The average molecular weight is 431 g/mol. The molecule has 6 heteroatoms. The van der Waals surface area contributed by atoms with Crippen LogP contribution in [0.4, 0.5) is 8.78 Å². The molecule has 1 aliphatic heterocycles. The number of nitriles is 1. The number of hydrogen-bond acceptors (Lipinski definition) is 3. The van der Waals surface area contributed by atoms with E-state index in [1.807, 2.05) is 43.3 Å². The predicted molar refractivity (Wildman–Crippen MR) is 118 cm³/mol. The van der Waals surface area contributed by atoms with Gasteiger partial charge in [0.2, 0.25) is 0 Å².